The summed E-state index contributed by atoms with van der Waals surface area (Å²) in [4.78, 5) is 11.0. The zero-order chi connectivity index (χ0) is 16.1. The molecule has 0 aliphatic heterocycles. The van der Waals surface area contributed by atoms with Crippen LogP contribution < -0.4 is 5.32 Å². The molecule has 0 radical (unpaired) electrons. The molecule has 2 rings (SSSR count). The molecule has 126 valence electrons. The predicted octanol–water partition coefficient (Wildman–Crippen LogP) is 3.89. The van der Waals surface area contributed by atoms with Crippen molar-refractivity contribution in [1.29, 1.82) is 0 Å². The van der Waals surface area contributed by atoms with Crippen LogP contribution in [0, 0.1) is 20.8 Å². The summed E-state index contributed by atoms with van der Waals surface area (Å²) < 4.78 is 0. The molecule has 0 fully saturated rings. The van der Waals surface area contributed by atoms with Gasteiger partial charge in [0, 0.05) is 26.0 Å². The van der Waals surface area contributed by atoms with Gasteiger partial charge in [0.15, 0.2) is 5.96 Å². The highest BCUT2D eigenvalue weighted by Gasteiger charge is 2.09. The Morgan fingerprint density at radius 1 is 1.30 bits per heavy atom. The smallest absolute Gasteiger partial charge is 0.194 e. The summed E-state index contributed by atoms with van der Waals surface area (Å²) in [7, 11) is 3.85. The van der Waals surface area contributed by atoms with Crippen molar-refractivity contribution in [2.75, 3.05) is 14.1 Å². The van der Waals surface area contributed by atoms with Gasteiger partial charge in [-0.25, -0.2) is 4.98 Å². The minimum Gasteiger partial charge on any atom is -0.352 e. The molecule has 0 aliphatic rings. The average molecular weight is 444 g/mol. The molecule has 0 spiro atoms. The molecule has 0 aliphatic carbocycles. The van der Waals surface area contributed by atoms with Crippen LogP contribution in [0.15, 0.2) is 28.6 Å². The Bertz CT molecular complexity index is 666. The fourth-order valence-electron chi connectivity index (χ4n) is 2.40. The third kappa shape index (κ3) is 5.76. The Balaban J connectivity index is 0.00000264. The van der Waals surface area contributed by atoms with Crippen molar-refractivity contribution in [3.05, 3.63) is 51.0 Å². The van der Waals surface area contributed by atoms with Crippen LogP contribution in [0.3, 0.4) is 0 Å². The second-order valence-electron chi connectivity index (χ2n) is 5.54. The van der Waals surface area contributed by atoms with Crippen molar-refractivity contribution in [1.82, 2.24) is 15.2 Å². The molecule has 0 bridgehead atoms. The fraction of sp³-hybridized carbons (Fsp3) is 0.412. The van der Waals surface area contributed by atoms with Gasteiger partial charge in [0.2, 0.25) is 0 Å². The maximum atomic E-state index is 4.50. The minimum absolute atomic E-state index is 0. The number of benzene rings is 1. The Kier molecular flexibility index (Phi) is 7.98. The van der Waals surface area contributed by atoms with Crippen LogP contribution in [0.4, 0.5) is 0 Å². The number of nitrogens with one attached hydrogen (secondary N) is 1. The number of halogens is 1. The molecule has 23 heavy (non-hydrogen) atoms. The number of thiazole rings is 1. The number of nitrogens with zero attached hydrogens (tertiary/aromatic N) is 3. The van der Waals surface area contributed by atoms with E-state index in [1.54, 1.807) is 11.3 Å². The Morgan fingerprint density at radius 3 is 2.61 bits per heavy atom. The largest absolute Gasteiger partial charge is 0.352 e. The van der Waals surface area contributed by atoms with Gasteiger partial charge in [-0.2, -0.15) is 0 Å². The molecule has 0 amide bonds. The van der Waals surface area contributed by atoms with Crippen LogP contribution in [0.1, 0.15) is 27.4 Å². The highest BCUT2D eigenvalue weighted by Crippen LogP contribution is 2.11. The van der Waals surface area contributed by atoms with Crippen LogP contribution in [-0.2, 0) is 13.1 Å². The topological polar surface area (TPSA) is 40.5 Å². The van der Waals surface area contributed by atoms with E-state index in [0.717, 1.165) is 29.8 Å². The number of hydrogen-bond donors (Lipinski definition) is 1. The van der Waals surface area contributed by atoms with Crippen molar-refractivity contribution in [2.24, 2.45) is 4.99 Å². The average Bonchev–Trinajstić information content (AvgIpc) is 2.86. The lowest BCUT2D eigenvalue weighted by molar-refractivity contribution is 0.470. The molecule has 0 saturated carbocycles. The molecule has 1 aromatic carbocycles. The molecule has 1 N–H and O–H groups in total. The molecule has 4 nitrogen and oxygen atoms in total. The maximum absolute atomic E-state index is 4.50. The first kappa shape index (κ1) is 19.9. The summed E-state index contributed by atoms with van der Waals surface area (Å²) in [5, 5.41) is 6.62. The summed E-state index contributed by atoms with van der Waals surface area (Å²) in [6.07, 6.45) is 0. The quantitative estimate of drug-likeness (QED) is 0.442. The van der Waals surface area contributed by atoms with Crippen LogP contribution in [-0.4, -0.2) is 29.9 Å². The third-order valence-corrected chi connectivity index (χ3v) is 4.40. The minimum atomic E-state index is 0. The van der Waals surface area contributed by atoms with E-state index in [-0.39, 0.29) is 24.0 Å². The van der Waals surface area contributed by atoms with Gasteiger partial charge in [0.05, 0.1) is 17.2 Å². The third-order valence-electron chi connectivity index (χ3n) is 3.57. The van der Waals surface area contributed by atoms with Gasteiger partial charge in [-0.15, -0.1) is 35.3 Å². The first-order valence-corrected chi connectivity index (χ1v) is 8.26. The molecule has 0 atom stereocenters. The van der Waals surface area contributed by atoms with Gasteiger partial charge in [-0.1, -0.05) is 23.8 Å². The summed E-state index contributed by atoms with van der Waals surface area (Å²) in [5.41, 5.74) is 4.98. The van der Waals surface area contributed by atoms with E-state index in [1.807, 2.05) is 21.0 Å². The van der Waals surface area contributed by atoms with Crippen molar-refractivity contribution >= 4 is 41.3 Å². The highest BCUT2D eigenvalue weighted by atomic mass is 127. The molecular formula is C17H25IN4S. The number of rotatable bonds is 4. The monoisotopic (exact) mass is 444 g/mol. The number of hydrogen-bond acceptors (Lipinski definition) is 3. The standard InChI is InChI=1S/C17H24N4S.HI/c1-12-6-7-15(13(2)8-12)9-19-17(18-4)21(5)10-16-11-22-14(3)20-16;/h6-8,11H,9-10H2,1-5H3,(H,18,19);1H. The zero-order valence-corrected chi connectivity index (χ0v) is 17.5. The summed E-state index contributed by atoms with van der Waals surface area (Å²) >= 11 is 1.68. The maximum Gasteiger partial charge on any atom is 0.194 e. The lowest BCUT2D eigenvalue weighted by Crippen LogP contribution is -2.38. The highest BCUT2D eigenvalue weighted by molar-refractivity contribution is 14.0. The van der Waals surface area contributed by atoms with E-state index in [0.29, 0.717) is 0 Å². The SMILES string of the molecule is CN=C(NCc1ccc(C)cc1C)N(C)Cc1csc(C)n1.I. The summed E-state index contributed by atoms with van der Waals surface area (Å²) in [5.74, 6) is 0.880. The van der Waals surface area contributed by atoms with Crippen molar-refractivity contribution in [3.8, 4) is 0 Å². The number of aryl methyl sites for hydroxylation is 3. The van der Waals surface area contributed by atoms with E-state index < -0.39 is 0 Å². The Hall–Kier alpha value is -1.15. The second kappa shape index (κ2) is 9.22. The molecule has 6 heteroatoms. The Labute approximate surface area is 160 Å². The molecule has 2 aromatic rings. The number of guanidine groups is 1. The zero-order valence-electron chi connectivity index (χ0n) is 14.4. The first-order chi connectivity index (χ1) is 10.5. The summed E-state index contributed by atoms with van der Waals surface area (Å²) in [6.45, 7) is 7.83. The predicted molar refractivity (Wildman–Crippen MR) is 110 cm³/mol. The van der Waals surface area contributed by atoms with Gasteiger partial charge in [0.1, 0.15) is 0 Å². The molecule has 1 aromatic heterocycles. The van der Waals surface area contributed by atoms with E-state index in [9.17, 15) is 0 Å². The van der Waals surface area contributed by atoms with Crippen molar-refractivity contribution in [3.63, 3.8) is 0 Å². The molecule has 0 unspecified atom stereocenters. The van der Waals surface area contributed by atoms with Gasteiger partial charge in [0.25, 0.3) is 0 Å². The van der Waals surface area contributed by atoms with Gasteiger partial charge < -0.3 is 10.2 Å². The molecule has 0 saturated heterocycles. The lowest BCUT2D eigenvalue weighted by Gasteiger charge is -2.21. The van der Waals surface area contributed by atoms with E-state index in [1.165, 1.54) is 16.7 Å². The van der Waals surface area contributed by atoms with Crippen LogP contribution >= 0.6 is 35.3 Å². The van der Waals surface area contributed by atoms with E-state index in [2.05, 4.69) is 57.6 Å². The first-order valence-electron chi connectivity index (χ1n) is 7.38. The van der Waals surface area contributed by atoms with E-state index >= 15 is 0 Å². The number of aromatic nitrogens is 1. The van der Waals surface area contributed by atoms with Crippen LogP contribution in [0.25, 0.3) is 0 Å². The Morgan fingerprint density at radius 2 is 2.04 bits per heavy atom. The van der Waals surface area contributed by atoms with E-state index in [4.69, 9.17) is 0 Å². The lowest BCUT2D eigenvalue weighted by atomic mass is 10.1. The van der Waals surface area contributed by atoms with Crippen molar-refractivity contribution in [2.45, 2.75) is 33.9 Å². The summed E-state index contributed by atoms with van der Waals surface area (Å²) in [6, 6.07) is 6.53. The number of aliphatic imine (C=N–C) groups is 1. The van der Waals surface area contributed by atoms with Crippen LogP contribution in [0.2, 0.25) is 0 Å². The molecular weight excluding hydrogens is 419 g/mol. The van der Waals surface area contributed by atoms with Crippen LogP contribution in [0.5, 0.6) is 0 Å². The second-order valence-corrected chi connectivity index (χ2v) is 6.61. The van der Waals surface area contributed by atoms with Crippen molar-refractivity contribution < 1.29 is 0 Å². The fourth-order valence-corrected chi connectivity index (χ4v) is 3.01. The molecule has 1 heterocycles. The van der Waals surface area contributed by atoms with Gasteiger partial charge in [-0.05, 0) is 31.9 Å². The normalized spacial score (nSPS) is 11.1. The van der Waals surface area contributed by atoms with Gasteiger partial charge in [-0.3, -0.25) is 4.99 Å². The van der Waals surface area contributed by atoms with Gasteiger partial charge >= 0.3 is 0 Å².